The Bertz CT molecular complexity index is 800. The van der Waals surface area contributed by atoms with E-state index in [1.54, 1.807) is 19.2 Å². The summed E-state index contributed by atoms with van der Waals surface area (Å²) in [6.07, 6.45) is 1.33. The van der Waals surface area contributed by atoms with Crippen LogP contribution in [0.25, 0.3) is 0 Å². The van der Waals surface area contributed by atoms with Crippen molar-refractivity contribution in [1.29, 1.82) is 0 Å². The number of carbonyl (C=O) groups excluding carboxylic acids is 1. The van der Waals surface area contributed by atoms with Crippen LogP contribution in [0.3, 0.4) is 0 Å². The van der Waals surface area contributed by atoms with Crippen LogP contribution in [0.5, 0.6) is 0 Å². The number of benzene rings is 1. The molecule has 0 bridgehead atoms. The lowest BCUT2D eigenvalue weighted by Gasteiger charge is -2.17. The summed E-state index contributed by atoms with van der Waals surface area (Å²) in [5, 5.41) is 10.8. The molecule has 1 unspecified atom stereocenters. The van der Waals surface area contributed by atoms with Gasteiger partial charge in [0.1, 0.15) is 5.82 Å². The smallest absolute Gasteiger partial charge is 0.222 e. The standard InChI is InChI=1S/C20H29FN6O/c1-14-11-15(2)27(26-14)10-4-9-24-20(23-3)25-13-17(19(22)28)12-16-5-7-18(21)8-6-16/h5-8,11,17H,4,9-10,12-13H2,1-3H3,(H2,22,28)(H2,23,24,25). The van der Waals surface area contributed by atoms with Crippen molar-refractivity contribution < 1.29 is 9.18 Å². The van der Waals surface area contributed by atoms with Crippen LogP contribution in [0.4, 0.5) is 4.39 Å². The molecule has 0 saturated carbocycles. The van der Waals surface area contributed by atoms with Crippen LogP contribution in [0.1, 0.15) is 23.4 Å². The number of rotatable bonds is 9. The molecule has 0 radical (unpaired) electrons. The van der Waals surface area contributed by atoms with Gasteiger partial charge in [-0.3, -0.25) is 14.5 Å². The van der Waals surface area contributed by atoms with E-state index in [1.807, 2.05) is 18.5 Å². The predicted octanol–water partition coefficient (Wildman–Crippen LogP) is 1.54. The Balaban J connectivity index is 1.77. The van der Waals surface area contributed by atoms with Gasteiger partial charge < -0.3 is 16.4 Å². The van der Waals surface area contributed by atoms with Crippen LogP contribution in [0.15, 0.2) is 35.3 Å². The molecule has 0 aliphatic carbocycles. The summed E-state index contributed by atoms with van der Waals surface area (Å²) >= 11 is 0. The van der Waals surface area contributed by atoms with Gasteiger partial charge in [0.05, 0.1) is 11.6 Å². The molecule has 0 aliphatic heterocycles. The Morgan fingerprint density at radius 2 is 2.00 bits per heavy atom. The van der Waals surface area contributed by atoms with E-state index in [2.05, 4.69) is 26.8 Å². The maximum atomic E-state index is 13.0. The fourth-order valence-electron chi connectivity index (χ4n) is 2.96. The van der Waals surface area contributed by atoms with Crippen molar-refractivity contribution in [3.63, 3.8) is 0 Å². The Morgan fingerprint density at radius 3 is 2.57 bits per heavy atom. The number of amides is 1. The lowest BCUT2D eigenvalue weighted by molar-refractivity contribution is -0.121. The first-order valence-electron chi connectivity index (χ1n) is 9.38. The molecule has 2 rings (SSSR count). The van der Waals surface area contributed by atoms with Crippen molar-refractivity contribution in [3.8, 4) is 0 Å². The van der Waals surface area contributed by atoms with Gasteiger partial charge in [-0.2, -0.15) is 5.10 Å². The number of nitrogens with zero attached hydrogens (tertiary/aromatic N) is 3. The molecule has 7 nitrogen and oxygen atoms in total. The van der Waals surface area contributed by atoms with Crippen LogP contribution in [-0.4, -0.2) is 41.8 Å². The number of carbonyl (C=O) groups is 1. The maximum Gasteiger partial charge on any atom is 0.222 e. The van der Waals surface area contributed by atoms with Gasteiger partial charge in [0, 0.05) is 32.4 Å². The fraction of sp³-hybridized carbons (Fsp3) is 0.450. The number of primary amides is 1. The minimum absolute atomic E-state index is 0.303. The molecule has 1 aromatic carbocycles. The van der Waals surface area contributed by atoms with Gasteiger partial charge in [-0.05, 0) is 50.5 Å². The number of hydrogen-bond acceptors (Lipinski definition) is 3. The zero-order valence-corrected chi connectivity index (χ0v) is 16.7. The third-order valence-electron chi connectivity index (χ3n) is 4.48. The summed E-state index contributed by atoms with van der Waals surface area (Å²) < 4.78 is 15.0. The van der Waals surface area contributed by atoms with Crippen LogP contribution in [0, 0.1) is 25.6 Å². The van der Waals surface area contributed by atoms with Crippen molar-refractivity contribution in [2.24, 2.45) is 16.6 Å². The molecule has 0 saturated heterocycles. The molecule has 1 atom stereocenters. The zero-order valence-electron chi connectivity index (χ0n) is 16.7. The highest BCUT2D eigenvalue weighted by Gasteiger charge is 2.16. The summed E-state index contributed by atoms with van der Waals surface area (Å²) in [7, 11) is 1.68. The van der Waals surface area contributed by atoms with Gasteiger partial charge in [0.2, 0.25) is 5.91 Å². The average Bonchev–Trinajstić information content (AvgIpc) is 2.98. The minimum Gasteiger partial charge on any atom is -0.369 e. The summed E-state index contributed by atoms with van der Waals surface area (Å²) in [4.78, 5) is 15.9. The zero-order chi connectivity index (χ0) is 20.5. The molecule has 1 aromatic heterocycles. The number of nitrogens with two attached hydrogens (primary N) is 1. The highest BCUT2D eigenvalue weighted by molar-refractivity contribution is 5.81. The van der Waals surface area contributed by atoms with E-state index in [1.165, 1.54) is 12.1 Å². The van der Waals surface area contributed by atoms with Gasteiger partial charge >= 0.3 is 0 Å². The maximum absolute atomic E-state index is 13.0. The average molecular weight is 388 g/mol. The summed E-state index contributed by atoms with van der Waals surface area (Å²) in [6.45, 7) is 5.91. The summed E-state index contributed by atoms with van der Waals surface area (Å²) in [5.74, 6) is -0.517. The number of aromatic nitrogens is 2. The second-order valence-electron chi connectivity index (χ2n) is 6.81. The predicted molar refractivity (Wildman–Crippen MR) is 108 cm³/mol. The fourth-order valence-corrected chi connectivity index (χ4v) is 2.96. The highest BCUT2D eigenvalue weighted by Crippen LogP contribution is 2.09. The van der Waals surface area contributed by atoms with Crippen molar-refractivity contribution >= 4 is 11.9 Å². The van der Waals surface area contributed by atoms with Crippen molar-refractivity contribution in [1.82, 2.24) is 20.4 Å². The van der Waals surface area contributed by atoms with Crippen LogP contribution in [0.2, 0.25) is 0 Å². The lowest BCUT2D eigenvalue weighted by atomic mass is 9.98. The number of aryl methyl sites for hydroxylation is 3. The second kappa shape index (κ2) is 10.4. The number of nitrogens with one attached hydrogen (secondary N) is 2. The minimum atomic E-state index is -0.418. The normalized spacial score (nSPS) is 12.6. The molecule has 8 heteroatoms. The number of hydrogen-bond donors (Lipinski definition) is 3. The monoisotopic (exact) mass is 388 g/mol. The molecular weight excluding hydrogens is 359 g/mol. The van der Waals surface area contributed by atoms with Gasteiger partial charge in [-0.1, -0.05) is 12.1 Å². The van der Waals surface area contributed by atoms with Crippen LogP contribution in [-0.2, 0) is 17.8 Å². The molecule has 2 aromatic rings. The molecular formula is C20H29FN6O. The number of guanidine groups is 1. The first kappa shape index (κ1) is 21.4. The summed E-state index contributed by atoms with van der Waals surface area (Å²) in [5.41, 5.74) is 8.54. The van der Waals surface area contributed by atoms with E-state index >= 15 is 0 Å². The first-order valence-corrected chi connectivity index (χ1v) is 9.38. The van der Waals surface area contributed by atoms with Gasteiger partial charge in [0.15, 0.2) is 5.96 Å². The van der Waals surface area contributed by atoms with E-state index < -0.39 is 11.8 Å². The third kappa shape index (κ3) is 6.68. The van der Waals surface area contributed by atoms with E-state index in [9.17, 15) is 9.18 Å². The van der Waals surface area contributed by atoms with E-state index in [0.717, 1.165) is 36.5 Å². The summed E-state index contributed by atoms with van der Waals surface area (Å²) in [6, 6.07) is 8.14. The molecule has 1 heterocycles. The van der Waals surface area contributed by atoms with E-state index in [4.69, 9.17) is 5.73 Å². The molecule has 0 spiro atoms. The van der Waals surface area contributed by atoms with E-state index in [0.29, 0.717) is 18.9 Å². The largest absolute Gasteiger partial charge is 0.369 e. The van der Waals surface area contributed by atoms with Crippen LogP contribution < -0.4 is 16.4 Å². The third-order valence-corrected chi connectivity index (χ3v) is 4.48. The molecule has 0 fully saturated rings. The quantitative estimate of drug-likeness (QED) is 0.345. The molecule has 1 amide bonds. The van der Waals surface area contributed by atoms with Crippen molar-refractivity contribution in [3.05, 3.63) is 53.1 Å². The van der Waals surface area contributed by atoms with E-state index in [-0.39, 0.29) is 5.82 Å². The molecule has 0 aliphatic rings. The Morgan fingerprint density at radius 1 is 1.29 bits per heavy atom. The van der Waals surface area contributed by atoms with Gasteiger partial charge in [0.25, 0.3) is 0 Å². The van der Waals surface area contributed by atoms with Crippen molar-refractivity contribution in [2.75, 3.05) is 20.1 Å². The Hall–Kier alpha value is -2.90. The Kier molecular flexibility index (Phi) is 7.98. The number of halogens is 1. The highest BCUT2D eigenvalue weighted by atomic mass is 19.1. The van der Waals surface area contributed by atoms with Gasteiger partial charge in [-0.15, -0.1) is 0 Å². The van der Waals surface area contributed by atoms with Gasteiger partial charge in [-0.25, -0.2) is 4.39 Å². The molecule has 152 valence electrons. The molecule has 28 heavy (non-hydrogen) atoms. The van der Waals surface area contributed by atoms with Crippen molar-refractivity contribution in [2.45, 2.75) is 33.2 Å². The SMILES string of the molecule is CN=C(NCCCn1nc(C)cc1C)NCC(Cc1ccc(F)cc1)C(N)=O. The number of aliphatic imine (C=N–C) groups is 1. The first-order chi connectivity index (χ1) is 13.4. The molecule has 4 N–H and O–H groups in total. The van der Waals surface area contributed by atoms with Crippen LogP contribution >= 0.6 is 0 Å². The lowest BCUT2D eigenvalue weighted by Crippen LogP contribution is -2.43. The Labute approximate surface area is 165 Å². The topological polar surface area (TPSA) is 97.3 Å². The second-order valence-corrected chi connectivity index (χ2v) is 6.81.